The van der Waals surface area contributed by atoms with Gasteiger partial charge in [-0.3, -0.25) is 0 Å². The highest BCUT2D eigenvalue weighted by Gasteiger charge is 2.50. The van der Waals surface area contributed by atoms with Gasteiger partial charge in [0.1, 0.15) is 23.5 Å². The van der Waals surface area contributed by atoms with Gasteiger partial charge in [-0.05, 0) is 66.8 Å². The van der Waals surface area contributed by atoms with Gasteiger partial charge in [0.25, 0.3) is 0 Å². The van der Waals surface area contributed by atoms with E-state index < -0.39 is 42.2 Å². The fourth-order valence-corrected chi connectivity index (χ4v) is 3.52. The van der Waals surface area contributed by atoms with Crippen molar-refractivity contribution in [1.29, 1.82) is 0 Å². The van der Waals surface area contributed by atoms with Gasteiger partial charge in [0, 0.05) is 12.7 Å². The Balaban J connectivity index is 2.31. The number of carbonyl (C=O) groups is 1. The molecule has 0 atom stereocenters. The van der Waals surface area contributed by atoms with E-state index >= 15 is 0 Å². The first-order valence-electron chi connectivity index (χ1n) is 12.1. The van der Waals surface area contributed by atoms with Crippen LogP contribution in [0.15, 0.2) is 18.2 Å². The third-order valence-corrected chi connectivity index (χ3v) is 5.89. The maximum Gasteiger partial charge on any atom is 0.458 e. The summed E-state index contributed by atoms with van der Waals surface area (Å²) in [6.45, 7) is 10.9. The Kier molecular flexibility index (Phi) is 10.3. The van der Waals surface area contributed by atoms with E-state index in [1.54, 1.807) is 32.9 Å². The Morgan fingerprint density at radius 2 is 1.70 bits per heavy atom. The van der Waals surface area contributed by atoms with Crippen molar-refractivity contribution in [3.8, 4) is 5.75 Å². The quantitative estimate of drug-likeness (QED) is 0.192. The minimum atomic E-state index is -4.50. The Hall–Kier alpha value is -2.08. The Morgan fingerprint density at radius 3 is 2.24 bits per heavy atom. The number of hydrogen-bond donors (Lipinski definition) is 0. The van der Waals surface area contributed by atoms with Crippen molar-refractivity contribution in [2.24, 2.45) is 0 Å². The summed E-state index contributed by atoms with van der Waals surface area (Å²) in [6, 6.07) is 3.18. The molecule has 0 bridgehead atoms. The molecule has 0 aromatic heterocycles. The molecule has 0 saturated carbocycles. The van der Waals surface area contributed by atoms with Crippen molar-refractivity contribution in [2.45, 2.75) is 90.8 Å². The second kappa shape index (κ2) is 12.2. The zero-order valence-electron chi connectivity index (χ0n) is 22.9. The van der Waals surface area contributed by atoms with Gasteiger partial charge in [-0.15, -0.1) is 0 Å². The van der Waals surface area contributed by atoms with Gasteiger partial charge in [-0.1, -0.05) is 24.3 Å². The molecular weight excluding hydrogens is 492 g/mol. The first-order valence-corrected chi connectivity index (χ1v) is 12.1. The Bertz CT molecular complexity index is 937. The molecule has 0 spiro atoms. The van der Waals surface area contributed by atoms with Crippen LogP contribution in [0.2, 0.25) is 6.32 Å². The average Bonchev–Trinajstić information content (AvgIpc) is 2.94. The van der Waals surface area contributed by atoms with E-state index in [9.17, 15) is 18.0 Å². The minimum absolute atomic E-state index is 0.0118. The molecule has 0 radical (unpaired) electrons. The minimum Gasteiger partial charge on any atom is -0.466 e. The summed E-state index contributed by atoms with van der Waals surface area (Å²) in [5.74, 6) is -0.604. The van der Waals surface area contributed by atoms with Crippen LogP contribution in [0, 0.1) is 0 Å². The fraction of sp³-hybridized carbons (Fsp3) is 0.654. The van der Waals surface area contributed by atoms with E-state index in [0.29, 0.717) is 18.3 Å². The second-order valence-corrected chi connectivity index (χ2v) is 10.8. The van der Waals surface area contributed by atoms with Gasteiger partial charge in [0.15, 0.2) is 6.79 Å². The zero-order valence-corrected chi connectivity index (χ0v) is 22.9. The molecule has 1 aliphatic heterocycles. The van der Waals surface area contributed by atoms with Crippen LogP contribution >= 0.6 is 0 Å². The normalized spacial score (nSPS) is 17.4. The van der Waals surface area contributed by atoms with Crippen LogP contribution in [0.1, 0.15) is 76.4 Å². The van der Waals surface area contributed by atoms with Gasteiger partial charge in [0.05, 0.1) is 17.8 Å². The molecule has 208 valence electrons. The topological polar surface area (TPSA) is 72.5 Å². The number of hydrogen-bond acceptors (Lipinski definition) is 7. The van der Waals surface area contributed by atoms with Gasteiger partial charge >= 0.3 is 19.3 Å². The Morgan fingerprint density at radius 1 is 1.08 bits per heavy atom. The van der Waals surface area contributed by atoms with Crippen molar-refractivity contribution < 1.29 is 46.2 Å². The van der Waals surface area contributed by atoms with E-state index in [4.69, 9.17) is 28.3 Å². The number of rotatable bonds is 11. The predicted octanol–water partition coefficient (Wildman–Crippen LogP) is 6.20. The highest BCUT2D eigenvalue weighted by atomic mass is 19.4. The number of allylic oxidation sites excluding steroid dienone is 1. The highest BCUT2D eigenvalue weighted by Crippen LogP contribution is 2.38. The Labute approximate surface area is 217 Å². The van der Waals surface area contributed by atoms with E-state index in [0.717, 1.165) is 0 Å². The lowest BCUT2D eigenvalue weighted by Crippen LogP contribution is -2.41. The second-order valence-electron chi connectivity index (χ2n) is 10.8. The molecule has 7 nitrogen and oxygen atoms in total. The van der Waals surface area contributed by atoms with Gasteiger partial charge in [-0.25, -0.2) is 4.79 Å². The molecule has 11 heteroatoms. The van der Waals surface area contributed by atoms with Crippen molar-refractivity contribution >= 4 is 19.2 Å². The fourth-order valence-electron chi connectivity index (χ4n) is 3.52. The van der Waals surface area contributed by atoms with Crippen LogP contribution in [0.5, 0.6) is 5.75 Å². The number of halogens is 3. The van der Waals surface area contributed by atoms with Crippen LogP contribution in [0.4, 0.5) is 13.2 Å². The van der Waals surface area contributed by atoms with Crippen LogP contribution in [-0.2, 0) is 30.1 Å². The third kappa shape index (κ3) is 9.32. The predicted molar refractivity (Wildman–Crippen MR) is 134 cm³/mol. The lowest BCUT2D eigenvalue weighted by atomic mass is 9.83. The highest BCUT2D eigenvalue weighted by molar-refractivity contribution is 6.45. The lowest BCUT2D eigenvalue weighted by molar-refractivity contribution is -0.176. The summed E-state index contributed by atoms with van der Waals surface area (Å²) in [5, 5.41) is 0. The largest absolute Gasteiger partial charge is 0.466 e. The zero-order chi connectivity index (χ0) is 28.1. The average molecular weight is 530 g/mol. The molecule has 0 unspecified atom stereocenters. The van der Waals surface area contributed by atoms with E-state index in [-0.39, 0.29) is 30.8 Å². The number of methoxy groups -OCH3 is 1. The van der Waals surface area contributed by atoms with Crippen LogP contribution in [0.25, 0.3) is 6.08 Å². The summed E-state index contributed by atoms with van der Waals surface area (Å²) in [4.78, 5) is 13.1. The van der Waals surface area contributed by atoms with Crippen LogP contribution in [-0.4, -0.2) is 56.6 Å². The van der Waals surface area contributed by atoms with E-state index in [1.165, 1.54) is 13.2 Å². The molecule has 1 heterocycles. The molecule has 37 heavy (non-hydrogen) atoms. The lowest BCUT2D eigenvalue weighted by Gasteiger charge is -2.32. The monoisotopic (exact) mass is 530 g/mol. The van der Waals surface area contributed by atoms with Crippen molar-refractivity contribution in [3.05, 3.63) is 34.9 Å². The maximum absolute atomic E-state index is 13.1. The molecular formula is C26H38BF3O7. The molecule has 0 amide bonds. The number of alkyl halides is 3. The summed E-state index contributed by atoms with van der Waals surface area (Å²) >= 11 is 0. The molecule has 1 aliphatic rings. The molecule has 0 N–H and O–H groups in total. The molecule has 1 fully saturated rings. The van der Waals surface area contributed by atoms with Crippen LogP contribution < -0.4 is 4.74 Å². The van der Waals surface area contributed by atoms with Crippen molar-refractivity contribution in [3.63, 3.8) is 0 Å². The van der Waals surface area contributed by atoms with Gasteiger partial charge in [0.2, 0.25) is 0 Å². The molecule has 1 aromatic carbocycles. The first-order chi connectivity index (χ1) is 17.0. The molecule has 1 saturated heterocycles. The summed E-state index contributed by atoms with van der Waals surface area (Å²) in [5.41, 5.74) is -0.953. The summed E-state index contributed by atoms with van der Waals surface area (Å²) in [7, 11) is 1.06. The maximum atomic E-state index is 13.1. The van der Waals surface area contributed by atoms with Gasteiger partial charge < -0.3 is 28.3 Å². The first kappa shape index (κ1) is 31.1. The summed E-state index contributed by atoms with van der Waals surface area (Å²) < 4.78 is 71.0. The standard InChI is InChI=1S/C26H38BF3O7/c1-23(2,3)35-22(31)20-19(15-33-16-26(28,29)30)13-12-18(21(20)34-17-32-8)11-9-10-14-27-36-24(4,5)25(6,7)37-27/h9,11-13H,10,14-17H2,1-8H3. The smallest absolute Gasteiger partial charge is 0.458 e. The number of carbonyl (C=O) groups excluding carboxylic acids is 1. The van der Waals surface area contributed by atoms with E-state index in [1.807, 2.05) is 33.8 Å². The van der Waals surface area contributed by atoms with E-state index in [2.05, 4.69) is 0 Å². The molecule has 1 aromatic rings. The SMILES string of the molecule is COCOc1c(C=CCCB2OC(C)(C)C(C)(C)O2)ccc(COCC(F)(F)F)c1C(=O)OC(C)(C)C. The third-order valence-electron chi connectivity index (χ3n) is 5.89. The van der Waals surface area contributed by atoms with Crippen molar-refractivity contribution in [2.75, 3.05) is 20.5 Å². The van der Waals surface area contributed by atoms with Crippen LogP contribution in [0.3, 0.4) is 0 Å². The number of benzene rings is 1. The summed E-state index contributed by atoms with van der Waals surface area (Å²) in [6.07, 6.45) is 0.378. The number of esters is 1. The van der Waals surface area contributed by atoms with Crippen molar-refractivity contribution in [1.82, 2.24) is 0 Å². The van der Waals surface area contributed by atoms with Gasteiger partial charge in [-0.2, -0.15) is 13.2 Å². The molecule has 0 aliphatic carbocycles. The molecule has 2 rings (SSSR count). The number of ether oxygens (including phenoxy) is 4.